The largest absolute Gasteiger partial charge is 0.356 e. The van der Waals surface area contributed by atoms with Crippen LogP contribution >= 0.6 is 23.1 Å². The number of thioether (sulfide) groups is 1. The van der Waals surface area contributed by atoms with Crippen LogP contribution in [0.2, 0.25) is 0 Å². The number of hydrogen-bond donors (Lipinski definition) is 2. The van der Waals surface area contributed by atoms with Gasteiger partial charge in [-0.15, -0.1) is 23.1 Å². The van der Waals surface area contributed by atoms with Crippen LogP contribution in [0.1, 0.15) is 11.8 Å². The topological polar surface area (TPSA) is 56.7 Å². The lowest BCUT2D eigenvalue weighted by Gasteiger charge is -2.17. The summed E-state index contributed by atoms with van der Waals surface area (Å²) in [4.78, 5) is 20.4. The first-order valence-corrected chi connectivity index (χ1v) is 10.8. The highest BCUT2D eigenvalue weighted by Crippen LogP contribution is 2.21. The number of benzene rings is 1. The molecule has 0 spiro atoms. The van der Waals surface area contributed by atoms with Crippen LogP contribution in [0.3, 0.4) is 0 Å². The monoisotopic (exact) mass is 404 g/mol. The number of likely N-dealkylation sites (N-methyl/N-ethyl adjacent to an activating group) is 1. The van der Waals surface area contributed by atoms with Crippen LogP contribution in [0, 0.1) is 0 Å². The van der Waals surface area contributed by atoms with E-state index in [1.54, 1.807) is 30.3 Å². The van der Waals surface area contributed by atoms with Crippen LogP contribution in [0.25, 0.3) is 0 Å². The average Bonchev–Trinajstić information content (AvgIpc) is 3.17. The van der Waals surface area contributed by atoms with E-state index in [0.29, 0.717) is 11.2 Å². The molecule has 5 nitrogen and oxygen atoms in total. The Morgan fingerprint density at radius 3 is 2.63 bits per heavy atom. The maximum absolute atomic E-state index is 11.8. The Balaban J connectivity index is 1.85. The summed E-state index contributed by atoms with van der Waals surface area (Å²) in [6.07, 6.45) is 0.939. The number of aliphatic imine (C=N–C) groups is 1. The molecule has 0 saturated carbocycles. The molecule has 0 aliphatic rings. The van der Waals surface area contributed by atoms with Gasteiger partial charge in [-0.2, -0.15) is 0 Å². The van der Waals surface area contributed by atoms with Gasteiger partial charge in [0.25, 0.3) is 0 Å². The lowest BCUT2D eigenvalue weighted by molar-refractivity contribution is -0.127. The standard InChI is InChI=1S/C20H28N4OS2/c1-16(27-18-8-5-4-6-9-18)14-22-20(23-15-19(25)24(2)3)21-12-11-17-10-7-13-26-17/h4-10,13,16H,11-12,14-15H2,1-3H3,(H2,21,22,23). The van der Waals surface area contributed by atoms with E-state index in [2.05, 4.69) is 52.2 Å². The van der Waals surface area contributed by atoms with Gasteiger partial charge in [0.2, 0.25) is 5.91 Å². The summed E-state index contributed by atoms with van der Waals surface area (Å²) in [7, 11) is 3.49. The molecular weight excluding hydrogens is 376 g/mol. The quantitative estimate of drug-likeness (QED) is 0.383. The second-order valence-electron chi connectivity index (χ2n) is 6.33. The van der Waals surface area contributed by atoms with Crippen molar-refractivity contribution in [2.24, 2.45) is 4.99 Å². The number of amides is 1. The Bertz CT molecular complexity index is 702. The van der Waals surface area contributed by atoms with Crippen LogP contribution in [0.5, 0.6) is 0 Å². The number of hydrogen-bond acceptors (Lipinski definition) is 4. The first kappa shape index (κ1) is 21.3. The molecule has 7 heteroatoms. The van der Waals surface area contributed by atoms with E-state index in [1.807, 2.05) is 30.0 Å². The summed E-state index contributed by atoms with van der Waals surface area (Å²) in [5.74, 6) is 0.670. The molecule has 0 radical (unpaired) electrons. The highest BCUT2D eigenvalue weighted by Gasteiger charge is 2.08. The number of carbonyl (C=O) groups is 1. The molecule has 1 aromatic heterocycles. The van der Waals surface area contributed by atoms with E-state index >= 15 is 0 Å². The fraction of sp³-hybridized carbons (Fsp3) is 0.400. The van der Waals surface area contributed by atoms with E-state index in [4.69, 9.17) is 0 Å². The smallest absolute Gasteiger partial charge is 0.243 e. The third-order valence-corrected chi connectivity index (χ3v) is 5.80. The Morgan fingerprint density at radius 1 is 1.19 bits per heavy atom. The van der Waals surface area contributed by atoms with Gasteiger partial charge in [0.05, 0.1) is 0 Å². The zero-order valence-corrected chi connectivity index (χ0v) is 17.8. The van der Waals surface area contributed by atoms with Gasteiger partial charge < -0.3 is 15.5 Å². The van der Waals surface area contributed by atoms with Crippen molar-refractivity contribution in [2.45, 2.75) is 23.5 Å². The third-order valence-electron chi connectivity index (χ3n) is 3.75. The van der Waals surface area contributed by atoms with Gasteiger partial charge in [0, 0.05) is 42.2 Å². The minimum atomic E-state index is -0.0129. The Hall–Kier alpha value is -1.99. The summed E-state index contributed by atoms with van der Waals surface area (Å²) in [5.41, 5.74) is 0. The van der Waals surface area contributed by atoms with Gasteiger partial charge in [-0.05, 0) is 30.0 Å². The molecule has 1 amide bonds. The van der Waals surface area contributed by atoms with Crippen molar-refractivity contribution in [3.63, 3.8) is 0 Å². The zero-order valence-electron chi connectivity index (χ0n) is 16.1. The number of thiophene rings is 1. The van der Waals surface area contributed by atoms with Crippen LogP contribution in [-0.4, -0.2) is 55.7 Å². The van der Waals surface area contributed by atoms with Crippen molar-refractivity contribution in [1.82, 2.24) is 15.5 Å². The van der Waals surface area contributed by atoms with Gasteiger partial charge in [0.15, 0.2) is 5.96 Å². The molecular formula is C20H28N4OS2. The minimum Gasteiger partial charge on any atom is -0.356 e. The molecule has 0 bridgehead atoms. The molecule has 0 saturated heterocycles. The van der Waals surface area contributed by atoms with Crippen molar-refractivity contribution in [3.05, 3.63) is 52.7 Å². The Kier molecular flexibility index (Phi) is 9.21. The highest BCUT2D eigenvalue weighted by atomic mass is 32.2. The third kappa shape index (κ3) is 8.49. The van der Waals surface area contributed by atoms with Crippen molar-refractivity contribution >= 4 is 35.0 Å². The second kappa shape index (κ2) is 11.7. The van der Waals surface area contributed by atoms with Gasteiger partial charge in [0.1, 0.15) is 6.54 Å². The number of carbonyl (C=O) groups excluding carboxylic acids is 1. The van der Waals surface area contributed by atoms with Crippen LogP contribution in [0.4, 0.5) is 0 Å². The number of guanidine groups is 1. The first-order chi connectivity index (χ1) is 13.0. The summed E-state index contributed by atoms with van der Waals surface area (Å²) < 4.78 is 0. The molecule has 0 aliphatic heterocycles. The van der Waals surface area contributed by atoms with Crippen molar-refractivity contribution in [3.8, 4) is 0 Å². The molecule has 2 rings (SSSR count). The Morgan fingerprint density at radius 2 is 1.96 bits per heavy atom. The number of rotatable bonds is 9. The van der Waals surface area contributed by atoms with E-state index in [9.17, 15) is 4.79 Å². The maximum Gasteiger partial charge on any atom is 0.243 e. The molecule has 1 atom stereocenters. The first-order valence-electron chi connectivity index (χ1n) is 9.01. The predicted octanol–water partition coefficient (Wildman–Crippen LogP) is 3.09. The molecule has 1 unspecified atom stereocenters. The SMILES string of the molecule is CC(CNC(=NCC(=O)N(C)C)NCCc1cccs1)Sc1ccccc1. The molecule has 27 heavy (non-hydrogen) atoms. The number of nitrogens with one attached hydrogen (secondary N) is 2. The lowest BCUT2D eigenvalue weighted by Crippen LogP contribution is -2.41. The normalized spacial score (nSPS) is 12.5. The minimum absolute atomic E-state index is 0.0129. The fourth-order valence-corrected chi connectivity index (χ4v) is 3.89. The maximum atomic E-state index is 11.8. The van der Waals surface area contributed by atoms with Crippen LogP contribution < -0.4 is 10.6 Å². The summed E-state index contributed by atoms with van der Waals surface area (Å²) in [6, 6.07) is 14.5. The molecule has 2 aromatic rings. The zero-order chi connectivity index (χ0) is 19.5. The van der Waals surface area contributed by atoms with Crippen molar-refractivity contribution in [1.29, 1.82) is 0 Å². The van der Waals surface area contributed by atoms with E-state index in [1.165, 1.54) is 9.77 Å². The predicted molar refractivity (Wildman–Crippen MR) is 117 cm³/mol. The van der Waals surface area contributed by atoms with Gasteiger partial charge >= 0.3 is 0 Å². The van der Waals surface area contributed by atoms with Crippen molar-refractivity contribution < 1.29 is 4.79 Å². The second-order valence-corrected chi connectivity index (χ2v) is 8.88. The van der Waals surface area contributed by atoms with E-state index < -0.39 is 0 Å². The van der Waals surface area contributed by atoms with Crippen LogP contribution in [-0.2, 0) is 11.2 Å². The Labute approximate surface area is 170 Å². The molecule has 0 fully saturated rings. The van der Waals surface area contributed by atoms with Gasteiger partial charge in [-0.25, -0.2) is 4.99 Å². The van der Waals surface area contributed by atoms with E-state index in [0.717, 1.165) is 19.5 Å². The van der Waals surface area contributed by atoms with E-state index in [-0.39, 0.29) is 12.5 Å². The molecule has 1 heterocycles. The molecule has 2 N–H and O–H groups in total. The van der Waals surface area contributed by atoms with Gasteiger partial charge in [-0.3, -0.25) is 4.79 Å². The summed E-state index contributed by atoms with van der Waals surface area (Å²) in [5, 5.41) is 9.16. The summed E-state index contributed by atoms with van der Waals surface area (Å²) in [6.45, 7) is 3.86. The summed E-state index contributed by atoms with van der Waals surface area (Å²) >= 11 is 3.57. The van der Waals surface area contributed by atoms with Gasteiger partial charge in [-0.1, -0.05) is 31.2 Å². The molecule has 146 valence electrons. The lowest BCUT2D eigenvalue weighted by atomic mass is 10.3. The average molecular weight is 405 g/mol. The fourth-order valence-electron chi connectivity index (χ4n) is 2.23. The van der Waals surface area contributed by atoms with Crippen LogP contribution in [0.15, 0.2) is 57.7 Å². The number of nitrogens with zero attached hydrogens (tertiary/aromatic N) is 2. The highest BCUT2D eigenvalue weighted by molar-refractivity contribution is 8.00. The van der Waals surface area contributed by atoms with Crippen molar-refractivity contribution in [2.75, 3.05) is 33.7 Å². The molecule has 0 aliphatic carbocycles. The molecule has 1 aromatic carbocycles.